The van der Waals surface area contributed by atoms with Gasteiger partial charge in [0.05, 0.1) is 0 Å². The SMILES string of the molecule is NCCCC[C@H](NC(=O)N[C@H](CC1CCCCC1)C(=O)NCC1CC1)C(=O)O.O=C(O)C(F)(F)F. The summed E-state index contributed by atoms with van der Waals surface area (Å²) < 4.78 is 31.7. The molecule has 3 amide bonds. The van der Waals surface area contributed by atoms with E-state index in [-0.39, 0.29) is 5.91 Å². The van der Waals surface area contributed by atoms with Crippen LogP contribution in [0.3, 0.4) is 0 Å². The van der Waals surface area contributed by atoms with E-state index in [4.69, 9.17) is 15.6 Å². The number of unbranched alkanes of at least 4 members (excludes halogenated alkanes) is 1. The van der Waals surface area contributed by atoms with Crippen molar-refractivity contribution in [3.63, 3.8) is 0 Å². The first-order valence-electron chi connectivity index (χ1n) is 12.0. The number of alkyl halides is 3. The number of hydrogen-bond acceptors (Lipinski definition) is 5. The maximum atomic E-state index is 12.6. The fraction of sp³-hybridized carbons (Fsp3) is 0.818. The lowest BCUT2D eigenvalue weighted by molar-refractivity contribution is -0.192. The third-order valence-electron chi connectivity index (χ3n) is 5.97. The van der Waals surface area contributed by atoms with Crippen LogP contribution in [-0.4, -0.2) is 65.4 Å². The number of urea groups is 1. The zero-order chi connectivity index (χ0) is 26.4. The normalized spacial score (nSPS) is 17.8. The summed E-state index contributed by atoms with van der Waals surface area (Å²) in [7, 11) is 0. The van der Waals surface area contributed by atoms with E-state index in [1.165, 1.54) is 6.42 Å². The first-order valence-corrected chi connectivity index (χ1v) is 12.0. The Morgan fingerprint density at radius 1 is 0.886 bits per heavy atom. The molecule has 0 aromatic rings. The smallest absolute Gasteiger partial charge is 0.480 e. The summed E-state index contributed by atoms with van der Waals surface area (Å²) in [5.41, 5.74) is 5.44. The van der Waals surface area contributed by atoms with Crippen molar-refractivity contribution in [3.8, 4) is 0 Å². The second-order valence-electron chi connectivity index (χ2n) is 9.08. The molecular weight excluding hydrogens is 473 g/mol. The van der Waals surface area contributed by atoms with Crippen molar-refractivity contribution in [2.24, 2.45) is 17.6 Å². The van der Waals surface area contributed by atoms with Crippen LogP contribution in [0.2, 0.25) is 0 Å². The summed E-state index contributed by atoms with van der Waals surface area (Å²) in [6, 6.07) is -2.20. The van der Waals surface area contributed by atoms with Crippen LogP contribution in [0.1, 0.15) is 70.6 Å². The minimum Gasteiger partial charge on any atom is -0.480 e. The molecule has 2 fully saturated rings. The molecule has 2 rings (SSSR count). The van der Waals surface area contributed by atoms with Crippen molar-refractivity contribution in [2.45, 2.75) is 88.9 Å². The lowest BCUT2D eigenvalue weighted by Crippen LogP contribution is -2.54. The average molecular weight is 511 g/mol. The number of carbonyl (C=O) groups is 4. The molecule has 0 unspecified atom stereocenters. The van der Waals surface area contributed by atoms with Crippen LogP contribution in [0.25, 0.3) is 0 Å². The van der Waals surface area contributed by atoms with Gasteiger partial charge in [0.15, 0.2) is 0 Å². The van der Waals surface area contributed by atoms with Gasteiger partial charge in [-0.15, -0.1) is 0 Å². The Hall–Kier alpha value is -2.57. The van der Waals surface area contributed by atoms with Crippen molar-refractivity contribution in [3.05, 3.63) is 0 Å². The van der Waals surface area contributed by atoms with Gasteiger partial charge < -0.3 is 31.9 Å². The number of rotatable bonds is 12. The molecule has 0 aromatic carbocycles. The second-order valence-corrected chi connectivity index (χ2v) is 9.08. The number of hydrogen-bond donors (Lipinski definition) is 6. The monoisotopic (exact) mass is 510 g/mol. The molecule has 7 N–H and O–H groups in total. The van der Waals surface area contributed by atoms with Crippen LogP contribution >= 0.6 is 0 Å². The van der Waals surface area contributed by atoms with Crippen LogP contribution in [0.5, 0.6) is 0 Å². The van der Waals surface area contributed by atoms with Crippen LogP contribution < -0.4 is 21.7 Å². The van der Waals surface area contributed by atoms with Gasteiger partial charge in [0.2, 0.25) is 5.91 Å². The standard InChI is InChI=1S/C20H36N4O4.C2HF3O2/c21-11-5-4-8-16(19(26)27)23-20(28)24-17(12-14-6-2-1-3-7-14)18(25)22-13-15-9-10-15;3-2(4,5)1(6)7/h14-17H,1-13,21H2,(H,22,25)(H,26,27)(H2,23,24,28);(H,6,7)/t16-,17+;/m0./s1. The topological polar surface area (TPSA) is 171 Å². The van der Waals surface area contributed by atoms with E-state index in [9.17, 15) is 32.7 Å². The Balaban J connectivity index is 0.000000762. The number of amides is 3. The van der Waals surface area contributed by atoms with Gasteiger partial charge in [-0.25, -0.2) is 14.4 Å². The molecule has 2 atom stereocenters. The average Bonchev–Trinajstić information content (AvgIpc) is 3.61. The Labute approximate surface area is 202 Å². The van der Waals surface area contributed by atoms with Gasteiger partial charge in [0.25, 0.3) is 0 Å². The van der Waals surface area contributed by atoms with Crippen LogP contribution in [-0.2, 0) is 14.4 Å². The maximum Gasteiger partial charge on any atom is 0.490 e. The van der Waals surface area contributed by atoms with Gasteiger partial charge in [0.1, 0.15) is 12.1 Å². The third-order valence-corrected chi connectivity index (χ3v) is 5.97. The van der Waals surface area contributed by atoms with Crippen LogP contribution in [0.4, 0.5) is 18.0 Å². The molecular formula is C22H37F3N4O6. The Morgan fingerprint density at radius 2 is 1.46 bits per heavy atom. The predicted octanol–water partition coefficient (Wildman–Crippen LogP) is 2.37. The molecule has 2 aliphatic carbocycles. The lowest BCUT2D eigenvalue weighted by atomic mass is 9.84. The Bertz CT molecular complexity index is 697. The van der Waals surface area contributed by atoms with E-state index in [1.54, 1.807) is 0 Å². The fourth-order valence-corrected chi connectivity index (χ4v) is 3.79. The summed E-state index contributed by atoms with van der Waals surface area (Å²) in [6.45, 7) is 1.14. The van der Waals surface area contributed by atoms with Gasteiger partial charge in [0, 0.05) is 6.54 Å². The van der Waals surface area contributed by atoms with Crippen molar-refractivity contribution in [2.75, 3.05) is 13.1 Å². The molecule has 0 heterocycles. The van der Waals surface area contributed by atoms with Gasteiger partial charge in [-0.1, -0.05) is 32.1 Å². The quantitative estimate of drug-likeness (QED) is 0.219. The molecule has 10 nitrogen and oxygen atoms in total. The van der Waals surface area contributed by atoms with Crippen LogP contribution in [0, 0.1) is 11.8 Å². The van der Waals surface area contributed by atoms with Gasteiger partial charge >= 0.3 is 24.1 Å². The zero-order valence-electron chi connectivity index (χ0n) is 19.7. The number of carbonyl (C=O) groups excluding carboxylic acids is 2. The summed E-state index contributed by atoms with van der Waals surface area (Å²) >= 11 is 0. The zero-order valence-corrected chi connectivity index (χ0v) is 19.7. The molecule has 202 valence electrons. The van der Waals surface area contributed by atoms with Crippen molar-refractivity contribution < 1.29 is 42.6 Å². The van der Waals surface area contributed by atoms with E-state index in [0.29, 0.717) is 50.6 Å². The highest BCUT2D eigenvalue weighted by molar-refractivity contribution is 5.88. The molecule has 0 saturated heterocycles. The minimum absolute atomic E-state index is 0.164. The number of carboxylic acid groups (broad SMARTS) is 2. The van der Waals surface area contributed by atoms with Crippen molar-refractivity contribution >= 4 is 23.9 Å². The largest absolute Gasteiger partial charge is 0.490 e. The molecule has 0 aliphatic heterocycles. The minimum atomic E-state index is -5.08. The van der Waals surface area contributed by atoms with Crippen molar-refractivity contribution in [1.82, 2.24) is 16.0 Å². The summed E-state index contributed by atoms with van der Waals surface area (Å²) in [5, 5.41) is 24.6. The van der Waals surface area contributed by atoms with Gasteiger partial charge in [-0.3, -0.25) is 4.79 Å². The molecule has 0 aromatic heterocycles. The summed E-state index contributed by atoms with van der Waals surface area (Å²) in [5.74, 6) is -3.01. The molecule has 2 saturated carbocycles. The van der Waals surface area contributed by atoms with Crippen molar-refractivity contribution in [1.29, 1.82) is 0 Å². The molecule has 0 radical (unpaired) electrons. The van der Waals surface area contributed by atoms with E-state index in [2.05, 4.69) is 16.0 Å². The number of halogens is 3. The highest BCUT2D eigenvalue weighted by Gasteiger charge is 2.38. The molecule has 2 aliphatic rings. The van der Waals surface area contributed by atoms with E-state index in [0.717, 1.165) is 38.5 Å². The summed E-state index contributed by atoms with van der Waals surface area (Å²) in [6.07, 6.45) is 5.17. The highest BCUT2D eigenvalue weighted by Crippen LogP contribution is 2.29. The first kappa shape index (κ1) is 30.5. The van der Waals surface area contributed by atoms with Gasteiger partial charge in [-0.2, -0.15) is 13.2 Å². The molecule has 0 spiro atoms. The second kappa shape index (κ2) is 15.4. The fourth-order valence-electron chi connectivity index (χ4n) is 3.79. The molecule has 13 heteroatoms. The maximum absolute atomic E-state index is 12.6. The lowest BCUT2D eigenvalue weighted by Gasteiger charge is -2.27. The first-order chi connectivity index (χ1) is 16.4. The van der Waals surface area contributed by atoms with E-state index < -0.39 is 36.2 Å². The van der Waals surface area contributed by atoms with Crippen LogP contribution in [0.15, 0.2) is 0 Å². The number of nitrogens with one attached hydrogen (secondary N) is 3. The Kier molecular flexibility index (Phi) is 13.4. The highest BCUT2D eigenvalue weighted by atomic mass is 19.4. The van der Waals surface area contributed by atoms with E-state index in [1.807, 2.05) is 0 Å². The van der Waals surface area contributed by atoms with Gasteiger partial charge in [-0.05, 0) is 56.9 Å². The number of nitrogens with two attached hydrogens (primary N) is 1. The molecule has 35 heavy (non-hydrogen) atoms. The predicted molar refractivity (Wildman–Crippen MR) is 120 cm³/mol. The van der Waals surface area contributed by atoms with E-state index >= 15 is 0 Å². The molecule has 0 bridgehead atoms. The number of aliphatic carboxylic acids is 2. The summed E-state index contributed by atoms with van der Waals surface area (Å²) in [4.78, 5) is 45.3. The number of carboxylic acids is 2. The third kappa shape index (κ3) is 13.8. The Morgan fingerprint density at radius 3 is 1.94 bits per heavy atom.